The van der Waals surface area contributed by atoms with Gasteiger partial charge in [0.25, 0.3) is 0 Å². The van der Waals surface area contributed by atoms with Gasteiger partial charge in [-0.1, -0.05) is 36.4 Å². The van der Waals surface area contributed by atoms with Gasteiger partial charge in [-0.2, -0.15) is 8.99 Å². The molecule has 1 aliphatic rings. The molecule has 1 fully saturated rings. The van der Waals surface area contributed by atoms with E-state index in [0.717, 1.165) is 17.5 Å². The minimum absolute atomic E-state index is 0.341. The van der Waals surface area contributed by atoms with Crippen molar-refractivity contribution in [2.75, 3.05) is 12.8 Å². The summed E-state index contributed by atoms with van der Waals surface area (Å²) in [5.74, 6) is 1.84. The molecule has 3 aromatic rings. The van der Waals surface area contributed by atoms with E-state index in [1.54, 1.807) is 10.9 Å². The molecular weight excluding hydrogens is 362 g/mol. The zero-order chi connectivity index (χ0) is 19.0. The molecule has 0 spiro atoms. The number of nitrogens with zero attached hydrogens (tertiary/aromatic N) is 5. The van der Waals surface area contributed by atoms with Gasteiger partial charge in [-0.15, -0.1) is 5.10 Å². The summed E-state index contributed by atoms with van der Waals surface area (Å²) in [6.07, 6.45) is 4.47. The second-order valence-corrected chi connectivity index (χ2v) is 8.68. The van der Waals surface area contributed by atoms with E-state index in [1.807, 2.05) is 49.4 Å². The van der Waals surface area contributed by atoms with Crippen LogP contribution in [0.25, 0.3) is 17.2 Å². The molecule has 1 aromatic carbocycles. The Morgan fingerprint density at radius 3 is 2.59 bits per heavy atom. The molecule has 0 N–H and O–H groups in total. The molecule has 0 amide bonds. The molecule has 7 nitrogen and oxygen atoms in total. The van der Waals surface area contributed by atoms with Gasteiger partial charge in [0.05, 0.1) is 12.3 Å². The third-order valence-electron chi connectivity index (χ3n) is 4.77. The van der Waals surface area contributed by atoms with E-state index in [9.17, 15) is 8.42 Å². The quantitative estimate of drug-likeness (QED) is 0.692. The highest BCUT2D eigenvalue weighted by atomic mass is 32.2. The molecule has 27 heavy (non-hydrogen) atoms. The summed E-state index contributed by atoms with van der Waals surface area (Å²) >= 11 is 0. The molecule has 2 aromatic heterocycles. The van der Waals surface area contributed by atoms with E-state index in [-0.39, 0.29) is 6.04 Å². The highest BCUT2D eigenvalue weighted by Crippen LogP contribution is 2.35. The molecule has 0 radical (unpaired) electrons. The van der Waals surface area contributed by atoms with Gasteiger partial charge in [-0.25, -0.2) is 18.4 Å². The first-order valence-electron chi connectivity index (χ1n) is 8.86. The number of benzene rings is 1. The molecule has 0 unspecified atom stereocenters. The van der Waals surface area contributed by atoms with Crippen LogP contribution in [0, 0.1) is 6.92 Å². The predicted molar refractivity (Wildman–Crippen MR) is 103 cm³/mol. The fraction of sp³-hybridized carbons (Fsp3) is 0.316. The van der Waals surface area contributed by atoms with Crippen molar-refractivity contribution >= 4 is 10.0 Å². The molecule has 140 valence electrons. The van der Waals surface area contributed by atoms with E-state index >= 15 is 0 Å². The smallest absolute Gasteiger partial charge is 0.211 e. The third kappa shape index (κ3) is 3.38. The average molecular weight is 383 g/mol. The van der Waals surface area contributed by atoms with E-state index in [4.69, 9.17) is 10.1 Å². The van der Waals surface area contributed by atoms with Gasteiger partial charge in [0, 0.05) is 18.3 Å². The fourth-order valence-corrected chi connectivity index (χ4v) is 4.62. The maximum absolute atomic E-state index is 12.3. The van der Waals surface area contributed by atoms with Gasteiger partial charge in [0.2, 0.25) is 10.0 Å². The minimum Gasteiger partial charge on any atom is -0.237 e. The SMILES string of the molecule is Cc1cccnc1-n1nc(-c2ccccc2)nc1[C@@H]1CCCN1S(C)(=O)=O. The molecule has 1 atom stereocenters. The van der Waals surface area contributed by atoms with Gasteiger partial charge >= 0.3 is 0 Å². The molecule has 0 saturated carbocycles. The Bertz CT molecular complexity index is 1060. The summed E-state index contributed by atoms with van der Waals surface area (Å²) in [6.45, 7) is 2.46. The van der Waals surface area contributed by atoms with Crippen molar-refractivity contribution in [3.63, 3.8) is 0 Å². The number of sulfonamides is 1. The zero-order valence-electron chi connectivity index (χ0n) is 15.3. The number of aryl methyl sites for hydroxylation is 1. The fourth-order valence-electron chi connectivity index (χ4n) is 3.50. The lowest BCUT2D eigenvalue weighted by Gasteiger charge is -2.21. The Morgan fingerprint density at radius 1 is 1.11 bits per heavy atom. The lowest BCUT2D eigenvalue weighted by atomic mass is 10.2. The number of pyridine rings is 1. The molecular formula is C19H21N5O2S. The van der Waals surface area contributed by atoms with E-state index in [1.165, 1.54) is 10.6 Å². The molecule has 0 bridgehead atoms. The van der Waals surface area contributed by atoms with E-state index in [0.29, 0.717) is 30.4 Å². The molecule has 8 heteroatoms. The topological polar surface area (TPSA) is 81.0 Å². The molecule has 3 heterocycles. The Labute approximate surface area is 158 Å². The van der Waals surface area contributed by atoms with E-state index < -0.39 is 10.0 Å². The monoisotopic (exact) mass is 383 g/mol. The number of aromatic nitrogens is 4. The van der Waals surface area contributed by atoms with Crippen LogP contribution in [0.5, 0.6) is 0 Å². The first-order chi connectivity index (χ1) is 12.9. The number of rotatable bonds is 4. The van der Waals surface area contributed by atoms with Crippen LogP contribution in [0.15, 0.2) is 48.7 Å². The highest BCUT2D eigenvalue weighted by molar-refractivity contribution is 7.88. The lowest BCUT2D eigenvalue weighted by Crippen LogP contribution is -2.31. The largest absolute Gasteiger partial charge is 0.237 e. The molecule has 1 saturated heterocycles. The summed E-state index contributed by atoms with van der Waals surface area (Å²) < 4.78 is 27.7. The zero-order valence-corrected chi connectivity index (χ0v) is 16.1. The molecule has 0 aliphatic carbocycles. The summed E-state index contributed by atoms with van der Waals surface area (Å²) in [5.41, 5.74) is 1.84. The van der Waals surface area contributed by atoms with E-state index in [2.05, 4.69) is 4.98 Å². The van der Waals surface area contributed by atoms with Crippen molar-refractivity contribution in [2.24, 2.45) is 0 Å². The first-order valence-corrected chi connectivity index (χ1v) is 10.7. The Morgan fingerprint density at radius 2 is 1.89 bits per heavy atom. The van der Waals surface area contributed by atoms with Crippen LogP contribution in [0.4, 0.5) is 0 Å². The van der Waals surface area contributed by atoms with Crippen LogP contribution < -0.4 is 0 Å². The standard InChI is InChI=1S/C19H21N5O2S/c1-14-8-6-12-20-18(14)24-19(16-11-7-13-23(16)27(2,25)26)21-17(22-24)15-9-4-3-5-10-15/h3-6,8-10,12,16H,7,11,13H2,1-2H3/t16-/m0/s1. The van der Waals surface area contributed by atoms with Gasteiger partial charge in [0.15, 0.2) is 17.5 Å². The summed E-state index contributed by atoms with van der Waals surface area (Å²) in [5, 5.41) is 4.69. The van der Waals surface area contributed by atoms with Crippen molar-refractivity contribution in [3.05, 3.63) is 60.0 Å². The maximum atomic E-state index is 12.3. The van der Waals surface area contributed by atoms with Crippen LogP contribution >= 0.6 is 0 Å². The minimum atomic E-state index is -3.33. The normalized spacial score (nSPS) is 18.1. The Hall–Kier alpha value is -2.58. The number of hydrogen-bond acceptors (Lipinski definition) is 5. The molecule has 1 aliphatic heterocycles. The van der Waals surface area contributed by atoms with Crippen LogP contribution in [0.1, 0.15) is 30.3 Å². The van der Waals surface area contributed by atoms with Crippen molar-refractivity contribution in [3.8, 4) is 17.2 Å². The van der Waals surface area contributed by atoms with Gasteiger partial charge < -0.3 is 0 Å². The van der Waals surface area contributed by atoms with Gasteiger partial charge in [-0.3, -0.25) is 0 Å². The second kappa shape index (κ2) is 6.86. The van der Waals surface area contributed by atoms with Crippen LogP contribution in [-0.4, -0.2) is 45.3 Å². The molecule has 4 rings (SSSR count). The van der Waals surface area contributed by atoms with Crippen molar-refractivity contribution < 1.29 is 8.42 Å². The average Bonchev–Trinajstić information content (AvgIpc) is 3.29. The maximum Gasteiger partial charge on any atom is 0.211 e. The first kappa shape index (κ1) is 17.8. The van der Waals surface area contributed by atoms with Crippen molar-refractivity contribution in [1.29, 1.82) is 0 Å². The summed E-state index contributed by atoms with van der Waals surface area (Å²) in [4.78, 5) is 9.22. The predicted octanol–water partition coefficient (Wildman–Crippen LogP) is 2.73. The Kier molecular flexibility index (Phi) is 4.53. The lowest BCUT2D eigenvalue weighted by molar-refractivity contribution is 0.381. The second-order valence-electron chi connectivity index (χ2n) is 6.75. The van der Waals surface area contributed by atoms with Crippen LogP contribution in [0.2, 0.25) is 0 Å². The summed E-state index contributed by atoms with van der Waals surface area (Å²) in [6, 6.07) is 13.2. The van der Waals surface area contributed by atoms with Crippen LogP contribution in [-0.2, 0) is 10.0 Å². The van der Waals surface area contributed by atoms with Crippen molar-refractivity contribution in [2.45, 2.75) is 25.8 Å². The number of hydrogen-bond donors (Lipinski definition) is 0. The van der Waals surface area contributed by atoms with Crippen LogP contribution in [0.3, 0.4) is 0 Å². The highest BCUT2D eigenvalue weighted by Gasteiger charge is 2.36. The van der Waals surface area contributed by atoms with Gasteiger partial charge in [0.1, 0.15) is 0 Å². The summed E-state index contributed by atoms with van der Waals surface area (Å²) in [7, 11) is -3.33. The van der Waals surface area contributed by atoms with Gasteiger partial charge in [-0.05, 0) is 31.4 Å². The Balaban J connectivity index is 1.89. The third-order valence-corrected chi connectivity index (χ3v) is 6.06. The van der Waals surface area contributed by atoms with Crippen molar-refractivity contribution in [1.82, 2.24) is 24.1 Å².